The third-order valence-corrected chi connectivity index (χ3v) is 2.46. The Kier molecular flexibility index (Phi) is 8.82. The molecule has 0 radical (unpaired) electrons. The SMILES string of the molecule is C=CCOC[C@H](NC(=O)[C@H](N)CC(C)C)C(=O)NC. The lowest BCUT2D eigenvalue weighted by molar-refractivity contribution is -0.130. The van der Waals surface area contributed by atoms with Gasteiger partial charge in [0.05, 0.1) is 19.3 Å². The smallest absolute Gasteiger partial charge is 0.244 e. The van der Waals surface area contributed by atoms with Crippen LogP contribution in [0.25, 0.3) is 0 Å². The van der Waals surface area contributed by atoms with Crippen LogP contribution in [0.15, 0.2) is 12.7 Å². The van der Waals surface area contributed by atoms with E-state index in [1.54, 1.807) is 6.08 Å². The molecule has 0 rings (SSSR count). The van der Waals surface area contributed by atoms with E-state index in [4.69, 9.17) is 10.5 Å². The van der Waals surface area contributed by atoms with Gasteiger partial charge >= 0.3 is 0 Å². The quantitative estimate of drug-likeness (QED) is 0.400. The van der Waals surface area contributed by atoms with Crippen LogP contribution in [0.3, 0.4) is 0 Å². The maximum absolute atomic E-state index is 11.9. The molecule has 0 aliphatic carbocycles. The van der Waals surface area contributed by atoms with Crippen LogP contribution in [0.5, 0.6) is 0 Å². The first-order valence-electron chi connectivity index (χ1n) is 6.38. The molecule has 4 N–H and O–H groups in total. The maximum atomic E-state index is 11.9. The molecule has 0 aliphatic rings. The summed E-state index contributed by atoms with van der Waals surface area (Å²) >= 11 is 0. The van der Waals surface area contributed by atoms with Gasteiger partial charge < -0.3 is 21.1 Å². The summed E-state index contributed by atoms with van der Waals surface area (Å²) in [6.45, 7) is 7.89. The van der Waals surface area contributed by atoms with E-state index in [0.29, 0.717) is 18.9 Å². The molecule has 6 heteroatoms. The van der Waals surface area contributed by atoms with E-state index < -0.39 is 12.1 Å². The predicted octanol–water partition coefficient (Wildman–Crippen LogP) is -0.207. The second kappa shape index (κ2) is 9.52. The Balaban J connectivity index is 4.40. The first-order valence-corrected chi connectivity index (χ1v) is 6.38. The molecular formula is C13H25N3O3. The fraction of sp³-hybridized carbons (Fsp3) is 0.692. The second-order valence-corrected chi connectivity index (χ2v) is 4.74. The van der Waals surface area contributed by atoms with Crippen molar-refractivity contribution in [2.24, 2.45) is 11.7 Å². The van der Waals surface area contributed by atoms with Crippen molar-refractivity contribution < 1.29 is 14.3 Å². The van der Waals surface area contributed by atoms with Crippen molar-refractivity contribution in [3.05, 3.63) is 12.7 Å². The Morgan fingerprint density at radius 2 is 2.00 bits per heavy atom. The molecule has 0 aromatic heterocycles. The third-order valence-electron chi connectivity index (χ3n) is 2.46. The number of ether oxygens (including phenoxy) is 1. The molecule has 0 aromatic carbocycles. The number of amides is 2. The van der Waals surface area contributed by atoms with E-state index in [0.717, 1.165) is 0 Å². The van der Waals surface area contributed by atoms with Crippen molar-refractivity contribution in [3.8, 4) is 0 Å². The van der Waals surface area contributed by atoms with Gasteiger partial charge in [-0.3, -0.25) is 9.59 Å². The van der Waals surface area contributed by atoms with Gasteiger partial charge in [-0.25, -0.2) is 0 Å². The monoisotopic (exact) mass is 271 g/mol. The normalized spacial score (nSPS) is 13.7. The van der Waals surface area contributed by atoms with E-state index in [1.807, 2.05) is 13.8 Å². The minimum absolute atomic E-state index is 0.0891. The van der Waals surface area contributed by atoms with E-state index in [-0.39, 0.29) is 18.4 Å². The summed E-state index contributed by atoms with van der Waals surface area (Å²) in [5, 5.41) is 5.07. The fourth-order valence-corrected chi connectivity index (χ4v) is 1.52. The largest absolute Gasteiger partial charge is 0.375 e. The van der Waals surface area contributed by atoms with Crippen molar-refractivity contribution in [3.63, 3.8) is 0 Å². The Morgan fingerprint density at radius 3 is 2.47 bits per heavy atom. The van der Waals surface area contributed by atoms with Crippen LogP contribution in [0.4, 0.5) is 0 Å². The van der Waals surface area contributed by atoms with E-state index >= 15 is 0 Å². The number of hydrogen-bond donors (Lipinski definition) is 3. The number of nitrogens with two attached hydrogens (primary N) is 1. The second-order valence-electron chi connectivity index (χ2n) is 4.74. The van der Waals surface area contributed by atoms with Crippen LogP contribution in [0.1, 0.15) is 20.3 Å². The zero-order valence-electron chi connectivity index (χ0n) is 11.9. The van der Waals surface area contributed by atoms with Gasteiger partial charge in [-0.1, -0.05) is 19.9 Å². The summed E-state index contributed by atoms with van der Waals surface area (Å²) in [4.78, 5) is 23.5. The van der Waals surface area contributed by atoms with Crippen LogP contribution < -0.4 is 16.4 Å². The first kappa shape index (κ1) is 17.6. The summed E-state index contributed by atoms with van der Waals surface area (Å²) in [6.07, 6.45) is 2.15. The van der Waals surface area contributed by atoms with Crippen molar-refractivity contribution >= 4 is 11.8 Å². The van der Waals surface area contributed by atoms with Crippen LogP contribution in [-0.2, 0) is 14.3 Å². The van der Waals surface area contributed by atoms with E-state index in [1.165, 1.54) is 7.05 Å². The highest BCUT2D eigenvalue weighted by Crippen LogP contribution is 2.03. The molecule has 6 nitrogen and oxygen atoms in total. The summed E-state index contributed by atoms with van der Waals surface area (Å²) in [5.74, 6) is -0.338. The van der Waals surface area contributed by atoms with Crippen molar-refractivity contribution in [1.82, 2.24) is 10.6 Å². The summed E-state index contributed by atoms with van der Waals surface area (Å²) < 4.78 is 5.20. The number of nitrogens with one attached hydrogen (secondary N) is 2. The lowest BCUT2D eigenvalue weighted by atomic mass is 10.0. The highest BCUT2D eigenvalue weighted by molar-refractivity contribution is 5.89. The number of hydrogen-bond acceptors (Lipinski definition) is 4. The van der Waals surface area contributed by atoms with E-state index in [2.05, 4.69) is 17.2 Å². The summed E-state index contributed by atoms with van der Waals surface area (Å²) in [5.41, 5.74) is 5.76. The Hall–Kier alpha value is -1.40. The first-order chi connectivity index (χ1) is 8.92. The van der Waals surface area contributed by atoms with Gasteiger partial charge in [0.1, 0.15) is 6.04 Å². The highest BCUT2D eigenvalue weighted by atomic mass is 16.5. The Morgan fingerprint density at radius 1 is 1.37 bits per heavy atom. The molecule has 0 spiro atoms. The molecule has 0 bridgehead atoms. The molecule has 2 amide bonds. The van der Waals surface area contributed by atoms with Crippen LogP contribution in [0, 0.1) is 5.92 Å². The summed E-state index contributed by atoms with van der Waals surface area (Å²) in [6, 6.07) is -1.36. The van der Waals surface area contributed by atoms with Crippen LogP contribution in [-0.4, -0.2) is 44.2 Å². The number of carbonyl (C=O) groups is 2. The fourth-order valence-electron chi connectivity index (χ4n) is 1.52. The van der Waals surface area contributed by atoms with Gasteiger partial charge in [-0.15, -0.1) is 6.58 Å². The third kappa shape index (κ3) is 7.58. The van der Waals surface area contributed by atoms with E-state index in [9.17, 15) is 9.59 Å². The molecule has 19 heavy (non-hydrogen) atoms. The molecule has 0 unspecified atom stereocenters. The molecule has 0 aromatic rings. The minimum Gasteiger partial charge on any atom is -0.375 e. The molecule has 110 valence electrons. The molecule has 0 heterocycles. The van der Waals surface area contributed by atoms with Crippen molar-refractivity contribution in [1.29, 1.82) is 0 Å². The van der Waals surface area contributed by atoms with Gasteiger partial charge in [0.15, 0.2) is 0 Å². The van der Waals surface area contributed by atoms with Gasteiger partial charge in [0.25, 0.3) is 0 Å². The minimum atomic E-state index is -0.740. The zero-order chi connectivity index (χ0) is 14.8. The Bertz CT molecular complexity index is 306. The molecule has 0 fully saturated rings. The molecule has 0 saturated carbocycles. The summed E-state index contributed by atoms with van der Waals surface area (Å²) in [7, 11) is 1.50. The molecular weight excluding hydrogens is 246 g/mol. The van der Waals surface area contributed by atoms with Crippen molar-refractivity contribution in [2.45, 2.75) is 32.4 Å². The molecule has 0 aliphatic heterocycles. The highest BCUT2D eigenvalue weighted by Gasteiger charge is 2.23. The standard InChI is InChI=1S/C13H25N3O3/c1-5-6-19-8-11(13(18)15-4)16-12(17)10(14)7-9(2)3/h5,9-11H,1,6-8,14H2,2-4H3,(H,15,18)(H,16,17)/t10-,11+/m1/s1. The van der Waals surface area contributed by atoms with Gasteiger partial charge in [0.2, 0.25) is 11.8 Å². The number of carbonyl (C=O) groups excluding carboxylic acids is 2. The lowest BCUT2D eigenvalue weighted by Crippen LogP contribution is -2.53. The average Bonchev–Trinajstić information content (AvgIpc) is 2.35. The van der Waals surface area contributed by atoms with Crippen molar-refractivity contribution in [2.75, 3.05) is 20.3 Å². The van der Waals surface area contributed by atoms with Gasteiger partial charge in [-0.2, -0.15) is 0 Å². The van der Waals surface area contributed by atoms with Gasteiger partial charge in [-0.05, 0) is 12.3 Å². The molecule has 2 atom stereocenters. The Labute approximate surface area is 114 Å². The van der Waals surface area contributed by atoms with Crippen LogP contribution >= 0.6 is 0 Å². The number of likely N-dealkylation sites (N-methyl/N-ethyl adjacent to an activating group) is 1. The van der Waals surface area contributed by atoms with Crippen LogP contribution in [0.2, 0.25) is 0 Å². The zero-order valence-corrected chi connectivity index (χ0v) is 11.9. The topological polar surface area (TPSA) is 93.4 Å². The predicted molar refractivity (Wildman–Crippen MR) is 74.4 cm³/mol. The maximum Gasteiger partial charge on any atom is 0.244 e. The lowest BCUT2D eigenvalue weighted by Gasteiger charge is -2.20. The average molecular weight is 271 g/mol. The van der Waals surface area contributed by atoms with Gasteiger partial charge in [0, 0.05) is 7.05 Å². The molecule has 0 saturated heterocycles. The number of rotatable bonds is 9.